The van der Waals surface area contributed by atoms with E-state index in [-0.39, 0.29) is 5.82 Å². The van der Waals surface area contributed by atoms with Gasteiger partial charge in [0.15, 0.2) is 0 Å². The molecule has 5 rings (SSSR count). The van der Waals surface area contributed by atoms with Crippen molar-refractivity contribution in [3.05, 3.63) is 53.8 Å². The fourth-order valence-electron chi connectivity index (χ4n) is 4.65. The van der Waals surface area contributed by atoms with Crippen LogP contribution in [0.2, 0.25) is 0 Å². The van der Waals surface area contributed by atoms with Gasteiger partial charge in [-0.2, -0.15) is 8.75 Å². The highest BCUT2D eigenvalue weighted by Gasteiger charge is 2.28. The van der Waals surface area contributed by atoms with Crippen molar-refractivity contribution in [3.8, 4) is 0 Å². The Morgan fingerprint density at radius 1 is 0.931 bits per heavy atom. The minimum atomic E-state index is -0.167. The molecule has 0 bridgehead atoms. The third-order valence-electron chi connectivity index (χ3n) is 6.23. The smallest absolute Gasteiger partial charge is 0.123 e. The molecule has 3 heterocycles. The number of piperidine rings is 1. The van der Waals surface area contributed by atoms with Gasteiger partial charge in [0, 0.05) is 51.0 Å². The Hall–Kier alpha value is -2.09. The number of hydrogen-bond acceptors (Lipinski definition) is 6. The van der Waals surface area contributed by atoms with Crippen LogP contribution >= 0.6 is 11.7 Å². The number of rotatable bonds is 4. The maximum absolute atomic E-state index is 13.2. The SMILES string of the molecule is Fc1ccc(N2CCN(C3CCCN(Cc4ccc5nsnc5c4)C3)CC2)cc1. The van der Waals surface area contributed by atoms with E-state index in [9.17, 15) is 4.39 Å². The summed E-state index contributed by atoms with van der Waals surface area (Å²) in [6, 6.07) is 14.0. The van der Waals surface area contributed by atoms with Gasteiger partial charge >= 0.3 is 0 Å². The van der Waals surface area contributed by atoms with E-state index in [4.69, 9.17) is 0 Å². The summed E-state index contributed by atoms with van der Waals surface area (Å²) >= 11 is 1.28. The summed E-state index contributed by atoms with van der Waals surface area (Å²) in [6.07, 6.45) is 2.53. The molecule has 0 amide bonds. The lowest BCUT2D eigenvalue weighted by Crippen LogP contribution is -2.55. The zero-order valence-electron chi connectivity index (χ0n) is 16.5. The summed E-state index contributed by atoms with van der Waals surface area (Å²) in [4.78, 5) is 7.61. The summed E-state index contributed by atoms with van der Waals surface area (Å²) in [5, 5.41) is 0. The van der Waals surface area contributed by atoms with Crippen LogP contribution in [-0.4, -0.2) is 63.9 Å². The van der Waals surface area contributed by atoms with Gasteiger partial charge in [-0.3, -0.25) is 9.80 Å². The number of piperazine rings is 1. The summed E-state index contributed by atoms with van der Waals surface area (Å²) < 4.78 is 21.9. The highest BCUT2D eigenvalue weighted by molar-refractivity contribution is 7.00. The van der Waals surface area contributed by atoms with Gasteiger partial charge in [0.1, 0.15) is 16.9 Å². The van der Waals surface area contributed by atoms with Crippen molar-refractivity contribution in [3.63, 3.8) is 0 Å². The van der Waals surface area contributed by atoms with Crippen LogP contribution in [0.25, 0.3) is 11.0 Å². The lowest BCUT2D eigenvalue weighted by Gasteiger charge is -2.44. The Bertz CT molecular complexity index is 951. The molecule has 2 saturated heterocycles. The first-order chi connectivity index (χ1) is 14.2. The molecule has 1 unspecified atom stereocenters. The molecule has 7 heteroatoms. The summed E-state index contributed by atoms with van der Waals surface area (Å²) in [5.74, 6) is -0.167. The Morgan fingerprint density at radius 3 is 2.55 bits per heavy atom. The molecule has 3 aromatic rings. The predicted molar refractivity (Wildman–Crippen MR) is 116 cm³/mol. The highest BCUT2D eigenvalue weighted by atomic mass is 32.1. The zero-order valence-corrected chi connectivity index (χ0v) is 17.3. The summed E-state index contributed by atoms with van der Waals surface area (Å²) in [7, 11) is 0. The van der Waals surface area contributed by atoms with E-state index >= 15 is 0 Å². The Kier molecular flexibility index (Phi) is 5.44. The summed E-state index contributed by atoms with van der Waals surface area (Å²) in [6.45, 7) is 7.45. The van der Waals surface area contributed by atoms with Crippen molar-refractivity contribution in [2.24, 2.45) is 0 Å². The molecular weight excluding hydrogens is 385 g/mol. The summed E-state index contributed by atoms with van der Waals surface area (Å²) in [5.41, 5.74) is 4.46. The molecule has 2 aliphatic rings. The van der Waals surface area contributed by atoms with E-state index in [1.165, 1.54) is 36.7 Å². The number of anilines is 1. The number of benzene rings is 2. The van der Waals surface area contributed by atoms with E-state index in [1.54, 1.807) is 12.1 Å². The van der Waals surface area contributed by atoms with Crippen molar-refractivity contribution < 1.29 is 4.39 Å². The van der Waals surface area contributed by atoms with E-state index < -0.39 is 0 Å². The van der Waals surface area contributed by atoms with Crippen LogP contribution < -0.4 is 4.90 Å². The lowest BCUT2D eigenvalue weighted by atomic mass is 10.0. The van der Waals surface area contributed by atoms with E-state index in [0.29, 0.717) is 6.04 Å². The Morgan fingerprint density at radius 2 is 1.72 bits per heavy atom. The van der Waals surface area contributed by atoms with Crippen LogP contribution in [0, 0.1) is 5.82 Å². The van der Waals surface area contributed by atoms with Crippen molar-refractivity contribution in [1.29, 1.82) is 0 Å². The minimum Gasteiger partial charge on any atom is -0.369 e. The molecule has 2 fully saturated rings. The minimum absolute atomic E-state index is 0.167. The molecule has 29 heavy (non-hydrogen) atoms. The topological polar surface area (TPSA) is 35.5 Å². The maximum Gasteiger partial charge on any atom is 0.123 e. The number of halogens is 1. The zero-order chi connectivity index (χ0) is 19.6. The molecule has 1 atom stereocenters. The van der Waals surface area contributed by atoms with Crippen LogP contribution in [0.15, 0.2) is 42.5 Å². The molecule has 1 aromatic heterocycles. The van der Waals surface area contributed by atoms with Crippen LogP contribution in [0.1, 0.15) is 18.4 Å². The van der Waals surface area contributed by atoms with E-state index in [2.05, 4.69) is 41.6 Å². The molecule has 5 nitrogen and oxygen atoms in total. The average molecular weight is 412 g/mol. The first kappa shape index (κ1) is 18.9. The van der Waals surface area contributed by atoms with Gasteiger partial charge in [0.05, 0.1) is 11.7 Å². The van der Waals surface area contributed by atoms with E-state index in [0.717, 1.165) is 56.0 Å². The molecule has 152 valence electrons. The van der Waals surface area contributed by atoms with Crippen LogP contribution in [-0.2, 0) is 6.54 Å². The standard InChI is InChI=1S/C22H26FN5S/c23-18-4-6-19(7-5-18)27-10-12-28(13-11-27)20-2-1-9-26(16-20)15-17-3-8-21-22(14-17)25-29-24-21/h3-8,14,20H,1-2,9-13,15-16H2. The normalized spacial score (nSPS) is 21.7. The van der Waals surface area contributed by atoms with Crippen LogP contribution in [0.3, 0.4) is 0 Å². The van der Waals surface area contributed by atoms with Gasteiger partial charge in [-0.1, -0.05) is 6.07 Å². The van der Waals surface area contributed by atoms with Gasteiger partial charge in [0.2, 0.25) is 0 Å². The van der Waals surface area contributed by atoms with Gasteiger partial charge in [0.25, 0.3) is 0 Å². The maximum atomic E-state index is 13.2. The highest BCUT2D eigenvalue weighted by Crippen LogP contribution is 2.23. The van der Waals surface area contributed by atoms with Crippen molar-refractivity contribution in [1.82, 2.24) is 18.5 Å². The number of hydrogen-bond donors (Lipinski definition) is 0. The van der Waals surface area contributed by atoms with Gasteiger partial charge in [-0.25, -0.2) is 4.39 Å². The van der Waals surface area contributed by atoms with Crippen molar-refractivity contribution >= 4 is 28.4 Å². The van der Waals surface area contributed by atoms with Gasteiger partial charge in [-0.15, -0.1) is 0 Å². The second kappa shape index (κ2) is 8.34. The number of fused-ring (bicyclic) bond motifs is 1. The van der Waals surface area contributed by atoms with Gasteiger partial charge < -0.3 is 4.90 Å². The average Bonchev–Trinajstić information content (AvgIpc) is 3.23. The Labute approximate surface area is 175 Å². The number of aromatic nitrogens is 2. The van der Waals surface area contributed by atoms with Gasteiger partial charge in [-0.05, 0) is 61.3 Å². The first-order valence-corrected chi connectivity index (χ1v) is 11.2. The molecule has 0 spiro atoms. The second-order valence-corrected chi connectivity index (χ2v) is 8.65. The fourth-order valence-corrected chi connectivity index (χ4v) is 5.17. The fraction of sp³-hybridized carbons (Fsp3) is 0.455. The lowest BCUT2D eigenvalue weighted by molar-refractivity contribution is 0.0888. The predicted octanol–water partition coefficient (Wildman–Crippen LogP) is 3.62. The van der Waals surface area contributed by atoms with Crippen molar-refractivity contribution in [2.75, 3.05) is 44.2 Å². The molecule has 0 saturated carbocycles. The van der Waals surface area contributed by atoms with Crippen molar-refractivity contribution in [2.45, 2.75) is 25.4 Å². The number of nitrogens with zero attached hydrogens (tertiary/aromatic N) is 5. The largest absolute Gasteiger partial charge is 0.369 e. The molecule has 0 aliphatic carbocycles. The molecule has 2 aromatic carbocycles. The number of likely N-dealkylation sites (tertiary alicyclic amines) is 1. The monoisotopic (exact) mass is 411 g/mol. The third kappa shape index (κ3) is 4.27. The molecular formula is C22H26FN5S. The Balaban J connectivity index is 1.17. The quantitative estimate of drug-likeness (QED) is 0.655. The molecule has 0 radical (unpaired) electrons. The first-order valence-electron chi connectivity index (χ1n) is 10.4. The second-order valence-electron chi connectivity index (χ2n) is 8.12. The van der Waals surface area contributed by atoms with Crippen LogP contribution in [0.5, 0.6) is 0 Å². The van der Waals surface area contributed by atoms with E-state index in [1.807, 2.05) is 12.1 Å². The van der Waals surface area contributed by atoms with Crippen LogP contribution in [0.4, 0.5) is 10.1 Å². The molecule has 2 aliphatic heterocycles. The third-order valence-corrected chi connectivity index (χ3v) is 6.78. The molecule has 0 N–H and O–H groups in total.